The molecule has 0 amide bonds. The van der Waals surface area contributed by atoms with Crippen LogP contribution in [-0.2, 0) is 40.4 Å². The summed E-state index contributed by atoms with van der Waals surface area (Å²) < 4.78 is 44.4. The molecule has 0 aliphatic rings. The van der Waals surface area contributed by atoms with Gasteiger partial charge in [0.1, 0.15) is 5.82 Å². The number of para-hydroxylation sites is 2. The number of imidazole rings is 2. The monoisotopic (exact) mass is 776 g/mol. The number of nitrogens with zero attached hydrogens (tertiary/aromatic N) is 8. The van der Waals surface area contributed by atoms with Crippen molar-refractivity contribution < 1.29 is 42.4 Å². The van der Waals surface area contributed by atoms with Crippen LogP contribution in [0, 0.1) is 52.5 Å². The summed E-state index contributed by atoms with van der Waals surface area (Å²) in [6.45, 7) is 8.36. The number of rotatable bonds is 3. The average molecular weight is 776 g/mol. The largest absolute Gasteiger partial charge is 0.429 e. The van der Waals surface area contributed by atoms with Crippen molar-refractivity contribution in [1.29, 1.82) is 0 Å². The molecule has 0 spiro atoms. The van der Waals surface area contributed by atoms with Gasteiger partial charge in [-0.25, -0.2) is 0 Å². The minimum absolute atomic E-state index is 0. The number of aryl methyl sites for hydroxylation is 2. The van der Waals surface area contributed by atoms with Crippen LogP contribution in [0.2, 0.25) is 0 Å². The summed E-state index contributed by atoms with van der Waals surface area (Å²) in [6.07, 6.45) is 3.34. The van der Waals surface area contributed by atoms with Crippen LogP contribution < -0.4 is 14.2 Å². The molecule has 44 heavy (non-hydrogen) atoms. The van der Waals surface area contributed by atoms with Crippen LogP contribution in [-0.4, -0.2) is 24.2 Å². The quantitative estimate of drug-likeness (QED) is 0.196. The van der Waals surface area contributed by atoms with Crippen molar-refractivity contribution in [3.8, 4) is 22.9 Å². The molecule has 0 bridgehead atoms. The Morgan fingerprint density at radius 3 is 1.59 bits per heavy atom. The Morgan fingerprint density at radius 1 is 0.750 bits per heavy atom. The van der Waals surface area contributed by atoms with Crippen LogP contribution in [0.1, 0.15) is 28.6 Å². The first-order chi connectivity index (χ1) is 20.5. The van der Waals surface area contributed by atoms with Crippen LogP contribution >= 0.6 is 0 Å². The van der Waals surface area contributed by atoms with Gasteiger partial charge in [0.25, 0.3) is 0 Å². The molecule has 0 fully saturated rings. The molecule has 0 aliphatic heterocycles. The van der Waals surface area contributed by atoms with E-state index in [1.54, 1.807) is 12.1 Å². The molecule has 0 N–H and O–H groups in total. The number of hydrogen-bond acceptors (Lipinski definition) is 3. The average Bonchev–Trinajstić information content (AvgIpc) is 3.70. The summed E-state index contributed by atoms with van der Waals surface area (Å²) in [5.41, 5.74) is 7.19. The SMILES string of the molecule is Cc1c(C)[n+](C)[c-]n1-c1[c-]cccc1.Cc1c(C)[n+](C)[c-]n1-c1[c-]cccc1.FC(F)(F)c1n[n-]c(-c2ccccn2)n1.[Ir]. The third-order valence-corrected chi connectivity index (χ3v) is 6.69. The van der Waals surface area contributed by atoms with E-state index in [2.05, 4.69) is 72.6 Å². The molecule has 6 aromatic rings. The van der Waals surface area contributed by atoms with Crippen LogP contribution in [0.25, 0.3) is 22.9 Å². The molecule has 6 rings (SSSR count). The molecule has 231 valence electrons. The van der Waals surface area contributed by atoms with Gasteiger partial charge in [-0.05, 0) is 45.7 Å². The Bertz CT molecular complexity index is 1670. The summed E-state index contributed by atoms with van der Waals surface area (Å²) in [5, 5.41) is 6.25. The smallest absolute Gasteiger partial charge is 0.413 e. The number of halogens is 3. The van der Waals surface area contributed by atoms with E-state index in [0.29, 0.717) is 0 Å². The minimum atomic E-state index is -4.57. The van der Waals surface area contributed by atoms with Gasteiger partial charge in [0.2, 0.25) is 12.7 Å². The van der Waals surface area contributed by atoms with Gasteiger partial charge in [-0.2, -0.15) is 73.8 Å². The molecular weight excluding hydrogens is 746 g/mol. The normalized spacial score (nSPS) is 10.7. The predicted octanol–water partition coefficient (Wildman–Crippen LogP) is 4.55. The van der Waals surface area contributed by atoms with Crippen LogP contribution in [0.3, 0.4) is 0 Å². The van der Waals surface area contributed by atoms with Gasteiger partial charge in [-0.3, -0.25) is 10.1 Å². The zero-order valence-electron chi connectivity index (χ0n) is 25.0. The van der Waals surface area contributed by atoms with Crippen molar-refractivity contribution in [2.24, 2.45) is 14.1 Å². The second kappa shape index (κ2) is 14.9. The van der Waals surface area contributed by atoms with Crippen LogP contribution in [0.15, 0.2) is 72.9 Å². The van der Waals surface area contributed by atoms with E-state index in [1.807, 2.05) is 80.9 Å². The Kier molecular flexibility index (Phi) is 11.5. The van der Waals surface area contributed by atoms with Gasteiger partial charge in [0.15, 0.2) is 0 Å². The second-order valence-electron chi connectivity index (χ2n) is 9.50. The van der Waals surface area contributed by atoms with Crippen LogP contribution in [0.4, 0.5) is 13.2 Å². The molecule has 0 saturated carbocycles. The molecule has 2 aromatic carbocycles. The zero-order valence-corrected chi connectivity index (χ0v) is 27.4. The Balaban J connectivity index is 0.000000178. The van der Waals surface area contributed by atoms with E-state index in [4.69, 9.17) is 0 Å². The van der Waals surface area contributed by atoms with Gasteiger partial charge in [0, 0.05) is 49.1 Å². The van der Waals surface area contributed by atoms with Crippen LogP contribution in [0.5, 0.6) is 0 Å². The summed E-state index contributed by atoms with van der Waals surface area (Å²) >= 11 is 0. The minimum Gasteiger partial charge on any atom is -0.413 e. The Morgan fingerprint density at radius 2 is 1.25 bits per heavy atom. The molecule has 0 atom stereocenters. The molecule has 4 aromatic heterocycles. The Labute approximate surface area is 268 Å². The van der Waals surface area contributed by atoms with Crippen molar-refractivity contribution in [3.05, 3.63) is 126 Å². The molecule has 0 aliphatic carbocycles. The first-order valence-electron chi connectivity index (χ1n) is 13.2. The molecule has 0 saturated heterocycles. The summed E-state index contributed by atoms with van der Waals surface area (Å²) in [5.74, 6) is -1.37. The van der Waals surface area contributed by atoms with Crippen molar-refractivity contribution in [1.82, 2.24) is 29.3 Å². The van der Waals surface area contributed by atoms with Crippen molar-refractivity contribution in [3.63, 3.8) is 0 Å². The fraction of sp³-hybridized carbons (Fsp3) is 0.219. The van der Waals surface area contributed by atoms with Gasteiger partial charge in [0.05, 0.1) is 19.8 Å². The second-order valence-corrected chi connectivity index (χ2v) is 9.50. The number of alkyl halides is 3. The number of pyridine rings is 1. The van der Waals surface area contributed by atoms with E-state index in [-0.39, 0.29) is 31.6 Å². The van der Waals surface area contributed by atoms with E-state index < -0.39 is 12.0 Å². The van der Waals surface area contributed by atoms with E-state index >= 15 is 0 Å². The fourth-order valence-corrected chi connectivity index (χ4v) is 3.89. The van der Waals surface area contributed by atoms with Crippen molar-refractivity contribution in [2.75, 3.05) is 0 Å². The Hall–Kier alpha value is -4.41. The summed E-state index contributed by atoms with van der Waals surface area (Å²) in [7, 11) is 4.00. The van der Waals surface area contributed by atoms with Gasteiger partial charge >= 0.3 is 6.18 Å². The first-order valence-corrected chi connectivity index (χ1v) is 13.2. The van der Waals surface area contributed by atoms with Crippen molar-refractivity contribution >= 4 is 0 Å². The van der Waals surface area contributed by atoms with Gasteiger partial charge < -0.3 is 28.4 Å². The topological polar surface area (TPSA) is 70.4 Å². The number of aromatic nitrogens is 8. The molecule has 1 radical (unpaired) electrons. The standard InChI is InChI=1S/2C12H13N2.C8H4F3N4.Ir/c2*1-10-11(2)14(9-13(10)3)12-7-5-4-6-8-12;9-8(10,11)7-13-6(14-15-7)5-3-1-2-4-12-5;/h2*4-7H,1-3H3;1-4H;/q3*-1;. The summed E-state index contributed by atoms with van der Waals surface area (Å²) in [4.78, 5) is 7.05. The number of hydrogen-bond donors (Lipinski definition) is 0. The van der Waals surface area contributed by atoms with E-state index in [0.717, 1.165) is 11.4 Å². The summed E-state index contributed by atoms with van der Waals surface area (Å²) in [6, 6.07) is 27.0. The maximum Gasteiger partial charge on any atom is 0.429 e. The van der Waals surface area contributed by atoms with Gasteiger partial charge in [-0.1, -0.05) is 17.4 Å². The third-order valence-electron chi connectivity index (χ3n) is 6.69. The maximum absolute atomic E-state index is 12.1. The molecule has 12 heteroatoms. The van der Waals surface area contributed by atoms with Crippen molar-refractivity contribution in [2.45, 2.75) is 33.9 Å². The van der Waals surface area contributed by atoms with E-state index in [9.17, 15) is 13.2 Å². The molecular formula is C32H30F3IrN8-3. The third kappa shape index (κ3) is 8.15. The predicted molar refractivity (Wildman–Crippen MR) is 152 cm³/mol. The molecule has 8 nitrogen and oxygen atoms in total. The first kappa shape index (κ1) is 34.1. The van der Waals surface area contributed by atoms with Gasteiger partial charge in [-0.15, -0.1) is 0 Å². The molecule has 0 unspecified atom stereocenters. The maximum atomic E-state index is 12.1. The number of benzene rings is 2. The zero-order chi connectivity index (χ0) is 31.1. The molecule has 4 heterocycles. The fourth-order valence-electron chi connectivity index (χ4n) is 3.89. The van der Waals surface area contributed by atoms with E-state index in [1.165, 1.54) is 35.0 Å².